The third kappa shape index (κ3) is 9.27. The second-order valence-electron chi connectivity index (χ2n) is 9.44. The van der Waals surface area contributed by atoms with Crippen LogP contribution in [0.5, 0.6) is 0 Å². The molecule has 0 saturated carbocycles. The molecule has 4 aromatic rings. The third-order valence-electron chi connectivity index (χ3n) is 6.14. The van der Waals surface area contributed by atoms with Crippen LogP contribution in [-0.2, 0) is 15.8 Å². The third-order valence-corrected chi connectivity index (χ3v) is 8.39. The van der Waals surface area contributed by atoms with E-state index in [-0.39, 0.29) is 26.5 Å². The van der Waals surface area contributed by atoms with E-state index in [0.29, 0.717) is 21.7 Å². The van der Waals surface area contributed by atoms with E-state index in [9.17, 15) is 27.6 Å². The van der Waals surface area contributed by atoms with Gasteiger partial charge in [0, 0.05) is 16.1 Å². The first kappa shape index (κ1) is 33.9. The molecule has 0 fully saturated rings. The van der Waals surface area contributed by atoms with Crippen LogP contribution < -0.4 is 16.0 Å². The van der Waals surface area contributed by atoms with Gasteiger partial charge in [-0.05, 0) is 73.2 Å². The largest absolute Gasteiger partial charge is 0.416 e. The van der Waals surface area contributed by atoms with Gasteiger partial charge in [0.15, 0.2) is 0 Å². The number of amides is 3. The molecule has 3 amide bonds. The quantitative estimate of drug-likeness (QED) is 0.121. The second kappa shape index (κ2) is 14.9. The fourth-order valence-corrected chi connectivity index (χ4v) is 5.32. The predicted octanol–water partition coefficient (Wildman–Crippen LogP) is 9.19. The number of carbonyl (C=O) groups is 3. The molecule has 1 atom stereocenters. The average Bonchev–Trinajstić information content (AvgIpc) is 3.00. The summed E-state index contributed by atoms with van der Waals surface area (Å²) in [5.74, 6) is -1.77. The van der Waals surface area contributed by atoms with Crippen molar-refractivity contribution in [1.29, 1.82) is 0 Å². The van der Waals surface area contributed by atoms with Gasteiger partial charge in [0.25, 0.3) is 11.8 Å². The van der Waals surface area contributed by atoms with Crippen LogP contribution in [0.4, 0.5) is 24.5 Å². The Kier molecular flexibility index (Phi) is 11.2. The first-order valence-electron chi connectivity index (χ1n) is 13.1. The Hall–Kier alpha value is -3.96. The highest BCUT2D eigenvalue weighted by atomic mass is 35.5. The molecular formula is C32H23Cl3F3N3O3S. The van der Waals surface area contributed by atoms with Crippen LogP contribution in [0, 0.1) is 0 Å². The van der Waals surface area contributed by atoms with Crippen LogP contribution in [0.15, 0.2) is 102 Å². The van der Waals surface area contributed by atoms with Crippen LogP contribution >= 0.6 is 46.6 Å². The SMILES string of the molecule is CC(Sc1cccc(NC(=O)/C(=C\c2cccc(Cl)c2Cl)NC(=O)c2ccccc2)c1)C(=O)Nc1cc(C(F)(F)F)ccc1Cl. The molecule has 0 radical (unpaired) electrons. The van der Waals surface area contributed by atoms with Crippen molar-refractivity contribution in [2.75, 3.05) is 10.6 Å². The Bertz CT molecular complexity index is 1770. The zero-order valence-corrected chi connectivity index (χ0v) is 26.3. The van der Waals surface area contributed by atoms with Crippen molar-refractivity contribution in [2.24, 2.45) is 0 Å². The van der Waals surface area contributed by atoms with Crippen molar-refractivity contribution in [3.63, 3.8) is 0 Å². The minimum absolute atomic E-state index is 0.0412. The van der Waals surface area contributed by atoms with Gasteiger partial charge >= 0.3 is 6.18 Å². The van der Waals surface area contributed by atoms with Crippen LogP contribution in [0.2, 0.25) is 15.1 Å². The number of hydrogen-bond donors (Lipinski definition) is 3. The number of hydrogen-bond acceptors (Lipinski definition) is 4. The average molecular weight is 693 g/mol. The number of alkyl halides is 3. The normalized spacial score (nSPS) is 12.3. The molecule has 0 aliphatic heterocycles. The molecule has 0 aliphatic carbocycles. The molecule has 0 aliphatic rings. The lowest BCUT2D eigenvalue weighted by molar-refractivity contribution is -0.137. The van der Waals surface area contributed by atoms with Gasteiger partial charge in [-0.1, -0.05) is 71.2 Å². The van der Waals surface area contributed by atoms with Crippen LogP contribution in [0.25, 0.3) is 6.08 Å². The molecule has 4 rings (SSSR count). The first-order chi connectivity index (χ1) is 21.3. The summed E-state index contributed by atoms with van der Waals surface area (Å²) < 4.78 is 39.4. The van der Waals surface area contributed by atoms with Gasteiger partial charge in [0.05, 0.1) is 31.6 Å². The maximum atomic E-state index is 13.4. The van der Waals surface area contributed by atoms with Gasteiger partial charge in [0.1, 0.15) is 5.70 Å². The number of carbonyl (C=O) groups excluding carboxylic acids is 3. The number of anilines is 2. The highest BCUT2D eigenvalue weighted by Crippen LogP contribution is 2.35. The van der Waals surface area contributed by atoms with Crippen molar-refractivity contribution in [1.82, 2.24) is 5.32 Å². The van der Waals surface area contributed by atoms with E-state index in [4.69, 9.17) is 34.8 Å². The molecule has 13 heteroatoms. The zero-order chi connectivity index (χ0) is 32.7. The van der Waals surface area contributed by atoms with Crippen LogP contribution in [0.3, 0.4) is 0 Å². The molecule has 0 heterocycles. The van der Waals surface area contributed by atoms with Gasteiger partial charge in [-0.3, -0.25) is 14.4 Å². The minimum atomic E-state index is -4.60. The molecule has 0 saturated heterocycles. The summed E-state index contributed by atoms with van der Waals surface area (Å²) in [6.07, 6.45) is -3.20. The second-order valence-corrected chi connectivity index (χ2v) is 12.1. The molecule has 1 unspecified atom stereocenters. The summed E-state index contributed by atoms with van der Waals surface area (Å²) in [7, 11) is 0. The number of rotatable bonds is 9. The van der Waals surface area contributed by atoms with E-state index >= 15 is 0 Å². The Labute approximate surface area is 275 Å². The monoisotopic (exact) mass is 691 g/mol. The molecule has 0 bridgehead atoms. The van der Waals surface area contributed by atoms with Crippen molar-refractivity contribution in [2.45, 2.75) is 23.2 Å². The minimum Gasteiger partial charge on any atom is -0.324 e. The molecule has 45 heavy (non-hydrogen) atoms. The topological polar surface area (TPSA) is 87.3 Å². The van der Waals surface area contributed by atoms with E-state index in [1.165, 1.54) is 6.08 Å². The van der Waals surface area contributed by atoms with Crippen molar-refractivity contribution in [3.05, 3.63) is 128 Å². The number of thioether (sulfide) groups is 1. The van der Waals surface area contributed by atoms with Crippen molar-refractivity contribution >= 4 is 81.7 Å². The molecule has 0 aromatic heterocycles. The Morgan fingerprint density at radius 1 is 0.822 bits per heavy atom. The van der Waals surface area contributed by atoms with E-state index in [0.717, 1.165) is 30.0 Å². The number of benzene rings is 4. The Balaban J connectivity index is 1.50. The highest BCUT2D eigenvalue weighted by molar-refractivity contribution is 8.00. The van der Waals surface area contributed by atoms with Crippen LogP contribution in [0.1, 0.15) is 28.4 Å². The summed E-state index contributed by atoms with van der Waals surface area (Å²) in [6.45, 7) is 1.57. The molecule has 6 nitrogen and oxygen atoms in total. The maximum absolute atomic E-state index is 13.4. The van der Waals surface area contributed by atoms with Crippen LogP contribution in [-0.4, -0.2) is 23.0 Å². The highest BCUT2D eigenvalue weighted by Gasteiger charge is 2.31. The number of halogens is 6. The zero-order valence-electron chi connectivity index (χ0n) is 23.2. The van der Waals surface area contributed by atoms with Gasteiger partial charge in [-0.25, -0.2) is 0 Å². The van der Waals surface area contributed by atoms with E-state index in [1.54, 1.807) is 79.7 Å². The van der Waals surface area contributed by atoms with Crippen molar-refractivity contribution < 1.29 is 27.6 Å². The van der Waals surface area contributed by atoms with E-state index in [1.807, 2.05) is 0 Å². The Morgan fingerprint density at radius 2 is 1.53 bits per heavy atom. The summed E-state index contributed by atoms with van der Waals surface area (Å²) in [4.78, 5) is 39.7. The predicted molar refractivity (Wildman–Crippen MR) is 174 cm³/mol. The van der Waals surface area contributed by atoms with Gasteiger partial charge in [-0.2, -0.15) is 13.2 Å². The summed E-state index contributed by atoms with van der Waals surface area (Å²) in [5.41, 5.74) is -0.163. The summed E-state index contributed by atoms with van der Waals surface area (Å²) >= 11 is 19.6. The van der Waals surface area contributed by atoms with E-state index in [2.05, 4.69) is 16.0 Å². The van der Waals surface area contributed by atoms with Gasteiger partial charge < -0.3 is 16.0 Å². The smallest absolute Gasteiger partial charge is 0.324 e. The standard InChI is InChI=1S/C32H23Cl3F3N3O3S/c1-18(29(42)40-26-16-21(32(36,37)38)13-14-24(26)33)45-23-11-6-10-22(17-23)39-31(44)27(15-20-9-5-12-25(34)28(20)35)41-30(43)19-7-3-2-4-8-19/h2-18H,1H3,(H,39,44)(H,40,42)(H,41,43)/b27-15+. The fraction of sp³-hybridized carbons (Fsp3) is 0.0938. The molecule has 4 aromatic carbocycles. The van der Waals surface area contributed by atoms with Crippen molar-refractivity contribution in [3.8, 4) is 0 Å². The lowest BCUT2D eigenvalue weighted by Crippen LogP contribution is -2.30. The fourth-order valence-electron chi connectivity index (χ4n) is 3.86. The van der Waals surface area contributed by atoms with Gasteiger partial charge in [-0.15, -0.1) is 11.8 Å². The molecule has 0 spiro atoms. The molecule has 232 valence electrons. The van der Waals surface area contributed by atoms with Gasteiger partial charge in [0.2, 0.25) is 5.91 Å². The summed E-state index contributed by atoms with van der Waals surface area (Å²) in [5, 5.41) is 7.44. The molecular weight excluding hydrogens is 670 g/mol. The lowest BCUT2D eigenvalue weighted by Gasteiger charge is -2.16. The number of nitrogens with one attached hydrogen (secondary N) is 3. The summed E-state index contributed by atoms with van der Waals surface area (Å²) in [6, 6.07) is 22.4. The molecule has 3 N–H and O–H groups in total. The Morgan fingerprint density at radius 3 is 2.24 bits per heavy atom. The lowest BCUT2D eigenvalue weighted by atomic mass is 10.1. The first-order valence-corrected chi connectivity index (χ1v) is 15.1. The van der Waals surface area contributed by atoms with E-state index < -0.39 is 34.7 Å². The maximum Gasteiger partial charge on any atom is 0.416 e.